The van der Waals surface area contributed by atoms with E-state index in [1.807, 2.05) is 0 Å². The van der Waals surface area contributed by atoms with Crippen molar-refractivity contribution in [3.63, 3.8) is 0 Å². The summed E-state index contributed by atoms with van der Waals surface area (Å²) in [6.45, 7) is 4.08. The molecule has 0 aliphatic carbocycles. The molecule has 114 valence electrons. The van der Waals surface area contributed by atoms with Gasteiger partial charge in [0.05, 0.1) is 13.2 Å². The monoisotopic (exact) mass is 288 g/mol. The van der Waals surface area contributed by atoms with Crippen LogP contribution in [0.1, 0.15) is 26.7 Å². The lowest BCUT2D eigenvalue weighted by Crippen LogP contribution is -2.35. The average Bonchev–Trinajstić information content (AvgIpc) is 2.42. The molecular weight excluding hydrogens is 268 g/mol. The molecule has 0 radical (unpaired) electrons. The first-order valence-corrected chi connectivity index (χ1v) is 6.42. The SMILES string of the molecule is CCOC(=O)C(=O)NCCCCNC(=O)C(=O)OCC. The Morgan fingerprint density at radius 3 is 1.40 bits per heavy atom. The molecule has 0 rings (SSSR count). The van der Waals surface area contributed by atoms with E-state index < -0.39 is 23.8 Å². The number of nitrogens with one attached hydrogen (secondary N) is 2. The predicted octanol–water partition coefficient (Wildman–Crippen LogP) is -0.875. The molecule has 0 aromatic rings. The van der Waals surface area contributed by atoms with E-state index in [1.54, 1.807) is 13.8 Å². The summed E-state index contributed by atoms with van der Waals surface area (Å²) in [5.74, 6) is -3.41. The molecule has 0 saturated carbocycles. The predicted molar refractivity (Wildman–Crippen MR) is 68.5 cm³/mol. The number of carbonyl (C=O) groups is 4. The van der Waals surface area contributed by atoms with Crippen molar-refractivity contribution in [3.05, 3.63) is 0 Å². The molecule has 0 bridgehead atoms. The van der Waals surface area contributed by atoms with E-state index >= 15 is 0 Å². The fraction of sp³-hybridized carbons (Fsp3) is 0.667. The zero-order chi connectivity index (χ0) is 15.4. The lowest BCUT2D eigenvalue weighted by Gasteiger charge is -2.06. The van der Waals surface area contributed by atoms with E-state index in [2.05, 4.69) is 20.1 Å². The summed E-state index contributed by atoms with van der Waals surface area (Å²) in [6.07, 6.45) is 1.10. The van der Waals surface area contributed by atoms with Gasteiger partial charge in [0.15, 0.2) is 0 Å². The molecule has 0 atom stereocenters. The van der Waals surface area contributed by atoms with Crippen LogP contribution in [-0.2, 0) is 28.7 Å². The minimum absolute atomic E-state index is 0.145. The number of rotatable bonds is 7. The molecule has 0 fully saturated rings. The lowest BCUT2D eigenvalue weighted by molar-refractivity contribution is -0.154. The molecule has 0 aliphatic rings. The van der Waals surface area contributed by atoms with Crippen LogP contribution in [0, 0.1) is 0 Å². The van der Waals surface area contributed by atoms with Gasteiger partial charge in [-0.25, -0.2) is 9.59 Å². The van der Waals surface area contributed by atoms with Crippen LogP contribution in [0.25, 0.3) is 0 Å². The highest BCUT2D eigenvalue weighted by molar-refractivity contribution is 6.32. The van der Waals surface area contributed by atoms with Crippen molar-refractivity contribution in [2.75, 3.05) is 26.3 Å². The van der Waals surface area contributed by atoms with Crippen molar-refractivity contribution >= 4 is 23.8 Å². The summed E-state index contributed by atoms with van der Waals surface area (Å²) in [6, 6.07) is 0. The molecular formula is C12H20N2O6. The molecule has 0 aliphatic heterocycles. The summed E-state index contributed by atoms with van der Waals surface area (Å²) in [5, 5.41) is 4.76. The molecule has 20 heavy (non-hydrogen) atoms. The van der Waals surface area contributed by atoms with Crippen LogP contribution in [0.2, 0.25) is 0 Å². The Balaban J connectivity index is 3.58. The largest absolute Gasteiger partial charge is 0.459 e. The molecule has 0 spiro atoms. The number of ether oxygens (including phenoxy) is 2. The Hall–Kier alpha value is -2.12. The lowest BCUT2D eigenvalue weighted by atomic mass is 10.3. The van der Waals surface area contributed by atoms with Gasteiger partial charge in [0.2, 0.25) is 0 Å². The topological polar surface area (TPSA) is 111 Å². The van der Waals surface area contributed by atoms with Gasteiger partial charge < -0.3 is 20.1 Å². The van der Waals surface area contributed by atoms with E-state index in [1.165, 1.54) is 0 Å². The fourth-order valence-corrected chi connectivity index (χ4v) is 1.19. The Morgan fingerprint density at radius 1 is 0.750 bits per heavy atom. The Kier molecular flexibility index (Phi) is 9.63. The smallest absolute Gasteiger partial charge is 0.396 e. The molecule has 8 heteroatoms. The van der Waals surface area contributed by atoms with E-state index in [9.17, 15) is 19.2 Å². The van der Waals surface area contributed by atoms with E-state index in [0.717, 1.165) is 0 Å². The standard InChI is InChI=1S/C12H20N2O6/c1-3-19-11(17)9(15)13-7-5-6-8-14-10(16)12(18)20-4-2/h3-8H2,1-2H3,(H,13,15)(H,14,16). The average molecular weight is 288 g/mol. The van der Waals surface area contributed by atoms with E-state index in [4.69, 9.17) is 0 Å². The van der Waals surface area contributed by atoms with Crippen LogP contribution >= 0.6 is 0 Å². The Morgan fingerprint density at radius 2 is 1.10 bits per heavy atom. The quantitative estimate of drug-likeness (QED) is 0.358. The van der Waals surface area contributed by atoms with Gasteiger partial charge >= 0.3 is 23.8 Å². The zero-order valence-corrected chi connectivity index (χ0v) is 11.7. The van der Waals surface area contributed by atoms with Gasteiger partial charge in [0, 0.05) is 13.1 Å². The first-order chi connectivity index (χ1) is 9.52. The molecule has 2 N–H and O–H groups in total. The molecule has 2 amide bonds. The summed E-state index contributed by atoms with van der Waals surface area (Å²) < 4.78 is 9.01. The van der Waals surface area contributed by atoms with Crippen molar-refractivity contribution in [1.82, 2.24) is 10.6 Å². The first-order valence-electron chi connectivity index (χ1n) is 6.42. The molecule has 0 aromatic carbocycles. The zero-order valence-electron chi connectivity index (χ0n) is 11.7. The van der Waals surface area contributed by atoms with Gasteiger partial charge in [-0.1, -0.05) is 0 Å². The number of unbranched alkanes of at least 4 members (excludes halogenated alkanes) is 1. The number of carbonyl (C=O) groups excluding carboxylic acids is 4. The summed E-state index contributed by atoms with van der Waals surface area (Å²) in [5.41, 5.74) is 0. The summed E-state index contributed by atoms with van der Waals surface area (Å²) in [7, 11) is 0. The molecule has 8 nitrogen and oxygen atoms in total. The van der Waals surface area contributed by atoms with Gasteiger partial charge in [0.1, 0.15) is 0 Å². The Bertz CT molecular complexity index is 322. The van der Waals surface area contributed by atoms with Crippen LogP contribution < -0.4 is 10.6 Å². The van der Waals surface area contributed by atoms with Gasteiger partial charge in [-0.05, 0) is 26.7 Å². The molecule has 0 saturated heterocycles. The van der Waals surface area contributed by atoms with Gasteiger partial charge in [0.25, 0.3) is 0 Å². The molecule has 0 unspecified atom stereocenters. The minimum Gasteiger partial charge on any atom is -0.459 e. The minimum atomic E-state index is -0.914. The highest BCUT2D eigenvalue weighted by Crippen LogP contribution is 1.87. The number of esters is 2. The highest BCUT2D eigenvalue weighted by Gasteiger charge is 2.14. The van der Waals surface area contributed by atoms with Gasteiger partial charge in [-0.3, -0.25) is 9.59 Å². The molecule has 0 heterocycles. The van der Waals surface area contributed by atoms with Crippen LogP contribution in [0.4, 0.5) is 0 Å². The van der Waals surface area contributed by atoms with Crippen molar-refractivity contribution in [2.24, 2.45) is 0 Å². The highest BCUT2D eigenvalue weighted by atomic mass is 16.5. The maximum absolute atomic E-state index is 11.1. The number of hydrogen-bond donors (Lipinski definition) is 2. The third-order valence-corrected chi connectivity index (χ3v) is 2.10. The van der Waals surface area contributed by atoms with Gasteiger partial charge in [-0.15, -0.1) is 0 Å². The summed E-state index contributed by atoms with van der Waals surface area (Å²) in [4.78, 5) is 44.1. The maximum Gasteiger partial charge on any atom is 0.396 e. The second-order valence-electron chi connectivity index (χ2n) is 3.66. The molecule has 0 aromatic heterocycles. The van der Waals surface area contributed by atoms with Crippen LogP contribution in [0.3, 0.4) is 0 Å². The fourth-order valence-electron chi connectivity index (χ4n) is 1.19. The Labute approximate surface area is 117 Å². The van der Waals surface area contributed by atoms with Crippen molar-refractivity contribution in [3.8, 4) is 0 Å². The summed E-state index contributed by atoms with van der Waals surface area (Å²) >= 11 is 0. The second kappa shape index (κ2) is 10.8. The number of amides is 2. The van der Waals surface area contributed by atoms with Crippen molar-refractivity contribution in [1.29, 1.82) is 0 Å². The van der Waals surface area contributed by atoms with E-state index in [0.29, 0.717) is 12.8 Å². The third kappa shape index (κ3) is 8.06. The van der Waals surface area contributed by atoms with Gasteiger partial charge in [-0.2, -0.15) is 0 Å². The van der Waals surface area contributed by atoms with Crippen LogP contribution in [0.15, 0.2) is 0 Å². The normalized spacial score (nSPS) is 9.50. The van der Waals surface area contributed by atoms with Crippen LogP contribution in [-0.4, -0.2) is 50.1 Å². The van der Waals surface area contributed by atoms with E-state index in [-0.39, 0.29) is 26.3 Å². The number of hydrogen-bond acceptors (Lipinski definition) is 6. The maximum atomic E-state index is 11.1. The van der Waals surface area contributed by atoms with Crippen molar-refractivity contribution < 1.29 is 28.7 Å². The van der Waals surface area contributed by atoms with Crippen molar-refractivity contribution in [2.45, 2.75) is 26.7 Å². The van der Waals surface area contributed by atoms with Crippen LogP contribution in [0.5, 0.6) is 0 Å². The first kappa shape index (κ1) is 17.9. The second-order valence-corrected chi connectivity index (χ2v) is 3.66. The third-order valence-electron chi connectivity index (χ3n) is 2.10.